The van der Waals surface area contributed by atoms with Gasteiger partial charge in [0.25, 0.3) is 5.91 Å². The molecule has 3 unspecified atom stereocenters. The van der Waals surface area contributed by atoms with E-state index in [1.54, 1.807) is 19.0 Å². The fourth-order valence-electron chi connectivity index (χ4n) is 2.86. The van der Waals surface area contributed by atoms with Crippen molar-refractivity contribution in [2.75, 3.05) is 14.1 Å². The number of nitrogens with one attached hydrogen (secondary N) is 3. The number of nitrogens with two attached hydrogens (primary N) is 2. The zero-order chi connectivity index (χ0) is 27.2. The summed E-state index contributed by atoms with van der Waals surface area (Å²) in [6, 6.07) is -2.14. The number of amides is 2. The van der Waals surface area contributed by atoms with Crippen LogP contribution in [0.15, 0.2) is 4.99 Å². The van der Waals surface area contributed by atoms with Crippen LogP contribution in [-0.2, 0) is 14.4 Å². The number of carboxylic acids is 1. The Hall–Kier alpha value is -2.89. The minimum Gasteiger partial charge on any atom is -0.480 e. The molecule has 0 aromatic heterocycles. The average molecular weight is 503 g/mol. The van der Waals surface area contributed by atoms with E-state index in [2.05, 4.69) is 21.4 Å². The molecular weight excluding hydrogens is 452 g/mol. The summed E-state index contributed by atoms with van der Waals surface area (Å²) < 4.78 is 0. The van der Waals surface area contributed by atoms with Gasteiger partial charge in [0.15, 0.2) is 12.0 Å². The molecule has 12 nitrogen and oxygen atoms in total. The Morgan fingerprint density at radius 2 is 1.29 bits per heavy atom. The van der Waals surface area contributed by atoms with Crippen molar-refractivity contribution in [3.63, 3.8) is 0 Å². The van der Waals surface area contributed by atoms with Crippen LogP contribution in [0.25, 0.3) is 0 Å². The molecule has 0 saturated carbocycles. The van der Waals surface area contributed by atoms with Crippen molar-refractivity contribution in [3.8, 4) is 0 Å². The standard InChI is InChI=1S/C18H35N3O4.C4H11N5.CH3/c1-10(2)7-13(19)16(22)20-14(8-11(3)4)17(23)21-15(18(24)25)9-12(5)6;1-9(2)4(7)8-3(5)6;/h10-15H,7-9,19H2,1-6H3,(H,20,22)(H,21,23)(H,24,25);1-2H3,(H5,5,6,7,8);1H3/q;;-1/p+1. The molecule has 0 heterocycles. The molecule has 0 aliphatic carbocycles. The minimum atomic E-state index is -1.06. The first-order chi connectivity index (χ1) is 15.5. The first kappa shape index (κ1) is 36.7. The fourth-order valence-corrected chi connectivity index (χ4v) is 2.86. The van der Waals surface area contributed by atoms with Gasteiger partial charge in [-0.3, -0.25) is 15.0 Å². The number of aliphatic carboxylic acids is 1. The van der Waals surface area contributed by atoms with Crippen LogP contribution < -0.4 is 27.8 Å². The van der Waals surface area contributed by atoms with E-state index in [1.165, 1.54) is 0 Å². The Balaban J connectivity index is -0.000000866. The number of guanidine groups is 2. The van der Waals surface area contributed by atoms with E-state index >= 15 is 0 Å². The van der Waals surface area contributed by atoms with Gasteiger partial charge in [-0.2, -0.15) is 4.99 Å². The number of hydrogen-bond donors (Lipinski definition) is 7. The van der Waals surface area contributed by atoms with Gasteiger partial charge >= 0.3 is 5.97 Å². The van der Waals surface area contributed by atoms with Gasteiger partial charge in [-0.25, -0.2) is 4.79 Å². The largest absolute Gasteiger partial charge is 0.480 e. The van der Waals surface area contributed by atoms with E-state index in [1.807, 2.05) is 41.5 Å². The molecule has 0 aliphatic heterocycles. The fraction of sp³-hybridized carbons (Fsp3) is 0.739. The Morgan fingerprint density at radius 1 is 0.886 bits per heavy atom. The number of aliphatic imine (C=N–C) groups is 1. The van der Waals surface area contributed by atoms with Crippen molar-refractivity contribution in [2.45, 2.75) is 78.9 Å². The van der Waals surface area contributed by atoms with Crippen LogP contribution in [0.2, 0.25) is 0 Å². The van der Waals surface area contributed by atoms with Crippen LogP contribution in [0.4, 0.5) is 0 Å². The van der Waals surface area contributed by atoms with Crippen LogP contribution in [0, 0.1) is 30.6 Å². The quantitative estimate of drug-likeness (QED) is 0.116. The van der Waals surface area contributed by atoms with Crippen molar-refractivity contribution >= 4 is 29.7 Å². The summed E-state index contributed by atoms with van der Waals surface area (Å²) in [7, 11) is 3.45. The number of carbonyl (C=O) groups is 3. The molecule has 11 N–H and O–H groups in total. The highest BCUT2D eigenvalue weighted by Gasteiger charge is 2.29. The Bertz CT molecular complexity index is 693. The first-order valence-electron chi connectivity index (χ1n) is 11.5. The Kier molecular flexibility index (Phi) is 19.3. The van der Waals surface area contributed by atoms with Crippen molar-refractivity contribution in [2.24, 2.45) is 34.2 Å². The molecule has 0 aromatic rings. The number of rotatable bonds is 11. The zero-order valence-corrected chi connectivity index (χ0v) is 23.0. The molecule has 0 radical (unpaired) electrons. The highest BCUT2D eigenvalue weighted by atomic mass is 16.4. The van der Waals surface area contributed by atoms with Gasteiger partial charge in [-0.15, -0.1) is 0 Å². The maximum absolute atomic E-state index is 12.5. The number of carbonyl (C=O) groups excluding carboxylic acids is 2. The van der Waals surface area contributed by atoms with Crippen LogP contribution >= 0.6 is 0 Å². The molecule has 12 heteroatoms. The van der Waals surface area contributed by atoms with Gasteiger partial charge in [0.05, 0.1) is 0 Å². The van der Waals surface area contributed by atoms with E-state index in [9.17, 15) is 19.5 Å². The van der Waals surface area contributed by atoms with Crippen molar-refractivity contribution < 1.29 is 25.2 Å². The maximum Gasteiger partial charge on any atom is 0.326 e. The zero-order valence-electron chi connectivity index (χ0n) is 23.0. The van der Waals surface area contributed by atoms with Crippen LogP contribution in [-0.4, -0.2) is 71.9 Å². The van der Waals surface area contributed by atoms with Gasteiger partial charge in [0, 0.05) is 20.5 Å². The van der Waals surface area contributed by atoms with Crippen LogP contribution in [0.3, 0.4) is 0 Å². The highest BCUT2D eigenvalue weighted by Crippen LogP contribution is 2.09. The van der Waals surface area contributed by atoms with Gasteiger partial charge < -0.3 is 45.3 Å². The molecular formula is C23H50N8O4. The SMILES string of the molecule is CC(C)CC([NH3+])C(=O)NC(CC(C)C)C(=O)NC(CC(C)C)C(=O)O.CN(C)C(N)=NC(=N)N.[CH3-]. The van der Waals surface area contributed by atoms with E-state index < -0.39 is 30.0 Å². The molecule has 0 aromatic carbocycles. The third kappa shape index (κ3) is 19.1. The van der Waals surface area contributed by atoms with E-state index in [0.717, 1.165) is 0 Å². The van der Waals surface area contributed by atoms with Crippen molar-refractivity contribution in [1.29, 1.82) is 5.41 Å². The smallest absolute Gasteiger partial charge is 0.326 e. The summed E-state index contributed by atoms with van der Waals surface area (Å²) in [6.45, 7) is 11.7. The normalized spacial score (nSPS) is 13.7. The molecule has 0 bridgehead atoms. The van der Waals surface area contributed by atoms with Gasteiger partial charge in [-0.05, 0) is 30.6 Å². The van der Waals surface area contributed by atoms with Crippen LogP contribution in [0.5, 0.6) is 0 Å². The molecule has 35 heavy (non-hydrogen) atoms. The monoisotopic (exact) mass is 502 g/mol. The molecule has 0 saturated heterocycles. The predicted molar refractivity (Wildman–Crippen MR) is 140 cm³/mol. The molecule has 2 amide bonds. The lowest BCUT2D eigenvalue weighted by Gasteiger charge is -2.24. The van der Waals surface area contributed by atoms with E-state index in [0.29, 0.717) is 25.2 Å². The number of carboxylic acid groups (broad SMARTS) is 1. The third-order valence-corrected chi connectivity index (χ3v) is 4.48. The highest BCUT2D eigenvalue weighted by molar-refractivity contribution is 5.92. The van der Waals surface area contributed by atoms with E-state index in [-0.39, 0.29) is 37.1 Å². The average Bonchev–Trinajstić information content (AvgIpc) is 2.65. The topological polar surface area (TPSA) is 215 Å². The molecule has 0 fully saturated rings. The first-order valence-corrected chi connectivity index (χ1v) is 11.5. The summed E-state index contributed by atoms with van der Waals surface area (Å²) in [6.07, 6.45) is 1.42. The van der Waals surface area contributed by atoms with Crippen LogP contribution in [0.1, 0.15) is 60.8 Å². The lowest BCUT2D eigenvalue weighted by Crippen LogP contribution is -2.69. The second-order valence-electron chi connectivity index (χ2n) is 9.80. The van der Waals surface area contributed by atoms with Gasteiger partial charge in [0.1, 0.15) is 12.1 Å². The second-order valence-corrected chi connectivity index (χ2v) is 9.80. The number of quaternary nitrogens is 1. The molecule has 0 rings (SSSR count). The Morgan fingerprint density at radius 3 is 1.60 bits per heavy atom. The predicted octanol–water partition coefficient (Wildman–Crippen LogP) is -0.00414. The van der Waals surface area contributed by atoms with Gasteiger partial charge in [-0.1, -0.05) is 41.5 Å². The lowest BCUT2D eigenvalue weighted by atomic mass is 9.99. The summed E-state index contributed by atoms with van der Waals surface area (Å²) in [5, 5.41) is 21.3. The lowest BCUT2D eigenvalue weighted by molar-refractivity contribution is -0.406. The number of hydrogen-bond acceptors (Lipinski definition) is 4. The minimum absolute atomic E-state index is 0. The van der Waals surface area contributed by atoms with Crippen molar-refractivity contribution in [3.05, 3.63) is 7.43 Å². The summed E-state index contributed by atoms with van der Waals surface area (Å²) in [4.78, 5) is 41.2. The molecule has 3 atom stereocenters. The summed E-state index contributed by atoms with van der Waals surface area (Å²) in [5.74, 6) is -1.19. The number of nitrogens with zero attached hydrogens (tertiary/aromatic N) is 2. The summed E-state index contributed by atoms with van der Waals surface area (Å²) in [5.41, 5.74) is 14.1. The van der Waals surface area contributed by atoms with Crippen molar-refractivity contribution in [1.82, 2.24) is 15.5 Å². The molecule has 206 valence electrons. The second kappa shape index (κ2) is 18.4. The third-order valence-electron chi connectivity index (χ3n) is 4.48. The van der Waals surface area contributed by atoms with Gasteiger partial charge in [0.2, 0.25) is 11.9 Å². The van der Waals surface area contributed by atoms with E-state index in [4.69, 9.17) is 16.9 Å². The Labute approximate surface area is 211 Å². The summed E-state index contributed by atoms with van der Waals surface area (Å²) >= 11 is 0. The maximum atomic E-state index is 12.5. The molecule has 0 spiro atoms. The molecule has 0 aliphatic rings.